The van der Waals surface area contributed by atoms with Crippen LogP contribution >= 0.6 is 0 Å². The second kappa shape index (κ2) is 6.97. The highest BCUT2D eigenvalue weighted by Crippen LogP contribution is 2.13. The summed E-state index contributed by atoms with van der Waals surface area (Å²) in [7, 11) is 1.61. The average Bonchev–Trinajstić information content (AvgIpc) is 2.53. The van der Waals surface area contributed by atoms with Crippen molar-refractivity contribution in [1.29, 1.82) is 0 Å². The van der Waals surface area contributed by atoms with Gasteiger partial charge in [0.2, 0.25) is 5.91 Å². The number of carbonyl (C=O) groups excluding carboxylic acids is 1. The number of terminal acetylenes is 1. The van der Waals surface area contributed by atoms with Gasteiger partial charge in [-0.3, -0.25) is 4.79 Å². The van der Waals surface area contributed by atoms with Gasteiger partial charge in [-0.1, -0.05) is 24.1 Å². The fourth-order valence-electron chi connectivity index (χ4n) is 1.76. The minimum absolute atomic E-state index is 0.208. The number of rotatable bonds is 4. The Morgan fingerprint density at radius 3 is 2.67 bits per heavy atom. The molecule has 0 unspecified atom stereocenters. The molecule has 0 aliphatic rings. The van der Waals surface area contributed by atoms with Crippen LogP contribution in [-0.2, 0) is 4.79 Å². The fraction of sp³-hybridized carbons (Fsp3) is 0.0556. The zero-order valence-electron chi connectivity index (χ0n) is 11.7. The summed E-state index contributed by atoms with van der Waals surface area (Å²) in [5, 5.41) is 2.76. The standard InChI is InChI=1S/C18H15NO2/c1-3-14-5-4-6-16(13-14)19-18(20)12-9-15-7-10-17(21-2)11-8-15/h1,4-13H,2H3,(H,19,20). The van der Waals surface area contributed by atoms with Crippen molar-refractivity contribution in [2.45, 2.75) is 0 Å². The lowest BCUT2D eigenvalue weighted by atomic mass is 10.2. The van der Waals surface area contributed by atoms with Gasteiger partial charge in [0.1, 0.15) is 5.75 Å². The molecule has 21 heavy (non-hydrogen) atoms. The van der Waals surface area contributed by atoms with Gasteiger partial charge in [-0.15, -0.1) is 6.42 Å². The molecule has 0 aliphatic carbocycles. The first kappa shape index (κ1) is 14.4. The first-order valence-electron chi connectivity index (χ1n) is 6.41. The van der Waals surface area contributed by atoms with E-state index < -0.39 is 0 Å². The van der Waals surface area contributed by atoms with Crippen LogP contribution < -0.4 is 10.1 Å². The highest BCUT2D eigenvalue weighted by atomic mass is 16.5. The van der Waals surface area contributed by atoms with Gasteiger partial charge in [0.25, 0.3) is 0 Å². The predicted molar refractivity (Wildman–Crippen MR) is 85.0 cm³/mol. The highest BCUT2D eigenvalue weighted by Gasteiger charge is 1.98. The first-order chi connectivity index (χ1) is 10.2. The molecule has 3 heteroatoms. The Bertz CT molecular complexity index is 694. The van der Waals surface area contributed by atoms with E-state index in [0.717, 1.165) is 16.9 Å². The predicted octanol–water partition coefficient (Wildman–Crippen LogP) is 3.33. The molecule has 0 atom stereocenters. The van der Waals surface area contributed by atoms with Crippen molar-refractivity contribution in [3.63, 3.8) is 0 Å². The van der Waals surface area contributed by atoms with Crippen LogP contribution in [-0.4, -0.2) is 13.0 Å². The van der Waals surface area contributed by atoms with E-state index in [2.05, 4.69) is 11.2 Å². The first-order valence-corrected chi connectivity index (χ1v) is 6.41. The Hall–Kier alpha value is -2.99. The SMILES string of the molecule is C#Cc1cccc(NC(=O)C=Cc2ccc(OC)cc2)c1. The van der Waals surface area contributed by atoms with Crippen molar-refractivity contribution >= 4 is 17.7 Å². The Kier molecular flexibility index (Phi) is 4.79. The largest absolute Gasteiger partial charge is 0.497 e. The normalized spacial score (nSPS) is 10.1. The molecule has 1 amide bonds. The van der Waals surface area contributed by atoms with Crippen molar-refractivity contribution in [2.24, 2.45) is 0 Å². The van der Waals surface area contributed by atoms with Crippen molar-refractivity contribution in [3.05, 3.63) is 65.7 Å². The van der Waals surface area contributed by atoms with Crippen LogP contribution in [0.2, 0.25) is 0 Å². The average molecular weight is 277 g/mol. The summed E-state index contributed by atoms with van der Waals surface area (Å²) in [4.78, 5) is 11.8. The van der Waals surface area contributed by atoms with E-state index in [0.29, 0.717) is 5.69 Å². The molecule has 0 spiro atoms. The van der Waals surface area contributed by atoms with Crippen LogP contribution in [0, 0.1) is 12.3 Å². The number of nitrogens with one attached hydrogen (secondary N) is 1. The van der Waals surface area contributed by atoms with Crippen molar-refractivity contribution in [2.75, 3.05) is 12.4 Å². The quantitative estimate of drug-likeness (QED) is 0.687. The molecular weight excluding hydrogens is 262 g/mol. The zero-order valence-corrected chi connectivity index (χ0v) is 11.7. The van der Waals surface area contributed by atoms with Crippen molar-refractivity contribution in [3.8, 4) is 18.1 Å². The summed E-state index contributed by atoms with van der Waals surface area (Å²) in [5.74, 6) is 3.10. The van der Waals surface area contributed by atoms with Crippen molar-refractivity contribution in [1.82, 2.24) is 0 Å². The molecule has 0 heterocycles. The van der Waals surface area contributed by atoms with Crippen LogP contribution in [0.25, 0.3) is 6.08 Å². The maximum absolute atomic E-state index is 11.8. The van der Waals surface area contributed by atoms with Gasteiger partial charge >= 0.3 is 0 Å². The van der Waals surface area contributed by atoms with Crippen LogP contribution in [0.3, 0.4) is 0 Å². The van der Waals surface area contributed by atoms with E-state index in [9.17, 15) is 4.79 Å². The maximum atomic E-state index is 11.8. The second-order valence-electron chi connectivity index (χ2n) is 4.32. The smallest absolute Gasteiger partial charge is 0.248 e. The van der Waals surface area contributed by atoms with Crippen LogP contribution in [0.4, 0.5) is 5.69 Å². The Morgan fingerprint density at radius 1 is 1.24 bits per heavy atom. The minimum atomic E-state index is -0.208. The molecule has 0 aromatic heterocycles. The lowest BCUT2D eigenvalue weighted by molar-refractivity contribution is -0.111. The number of amides is 1. The Morgan fingerprint density at radius 2 is 2.00 bits per heavy atom. The zero-order chi connectivity index (χ0) is 15.1. The molecule has 0 saturated heterocycles. The van der Waals surface area contributed by atoms with E-state index >= 15 is 0 Å². The van der Waals surface area contributed by atoms with Crippen LogP contribution in [0.15, 0.2) is 54.6 Å². The molecule has 104 valence electrons. The summed E-state index contributed by atoms with van der Waals surface area (Å²) in [6.07, 6.45) is 8.53. The summed E-state index contributed by atoms with van der Waals surface area (Å²) in [6.45, 7) is 0. The summed E-state index contributed by atoms with van der Waals surface area (Å²) < 4.78 is 5.08. The molecule has 3 nitrogen and oxygen atoms in total. The number of carbonyl (C=O) groups is 1. The van der Waals surface area contributed by atoms with E-state index in [-0.39, 0.29) is 5.91 Å². The second-order valence-corrected chi connectivity index (χ2v) is 4.32. The summed E-state index contributed by atoms with van der Waals surface area (Å²) in [6, 6.07) is 14.6. The Labute approximate surface area is 124 Å². The van der Waals surface area contributed by atoms with Gasteiger partial charge in [-0.05, 0) is 42.0 Å². The van der Waals surface area contributed by atoms with Crippen LogP contribution in [0.5, 0.6) is 5.75 Å². The third kappa shape index (κ3) is 4.26. The lowest BCUT2D eigenvalue weighted by Crippen LogP contribution is -2.07. The molecule has 0 bridgehead atoms. The third-order valence-corrected chi connectivity index (χ3v) is 2.84. The van der Waals surface area contributed by atoms with E-state index in [1.165, 1.54) is 6.08 Å². The molecule has 2 rings (SSSR count). The lowest BCUT2D eigenvalue weighted by Gasteiger charge is -2.02. The van der Waals surface area contributed by atoms with Crippen LogP contribution in [0.1, 0.15) is 11.1 Å². The highest BCUT2D eigenvalue weighted by molar-refractivity contribution is 6.02. The molecule has 0 fully saturated rings. The van der Waals surface area contributed by atoms with Gasteiger partial charge in [0.15, 0.2) is 0 Å². The molecule has 0 radical (unpaired) electrons. The van der Waals surface area contributed by atoms with E-state index in [4.69, 9.17) is 11.2 Å². The van der Waals surface area contributed by atoms with Gasteiger partial charge < -0.3 is 10.1 Å². The minimum Gasteiger partial charge on any atom is -0.497 e. The molecular formula is C18H15NO2. The molecule has 0 aliphatic heterocycles. The number of ether oxygens (including phenoxy) is 1. The number of methoxy groups -OCH3 is 1. The maximum Gasteiger partial charge on any atom is 0.248 e. The van der Waals surface area contributed by atoms with E-state index in [1.807, 2.05) is 30.3 Å². The summed E-state index contributed by atoms with van der Waals surface area (Å²) >= 11 is 0. The van der Waals surface area contributed by atoms with Gasteiger partial charge in [0.05, 0.1) is 7.11 Å². The third-order valence-electron chi connectivity index (χ3n) is 2.84. The number of hydrogen-bond acceptors (Lipinski definition) is 2. The molecule has 2 aromatic carbocycles. The molecule has 1 N–H and O–H groups in total. The number of hydrogen-bond donors (Lipinski definition) is 1. The number of benzene rings is 2. The molecule has 0 saturated carbocycles. The topological polar surface area (TPSA) is 38.3 Å². The number of anilines is 1. The fourth-order valence-corrected chi connectivity index (χ4v) is 1.76. The van der Waals surface area contributed by atoms with E-state index in [1.54, 1.807) is 31.4 Å². The van der Waals surface area contributed by atoms with Crippen molar-refractivity contribution < 1.29 is 9.53 Å². The van der Waals surface area contributed by atoms with Gasteiger partial charge in [-0.25, -0.2) is 0 Å². The molecule has 2 aromatic rings. The summed E-state index contributed by atoms with van der Waals surface area (Å²) in [5.41, 5.74) is 2.32. The van der Waals surface area contributed by atoms with Gasteiger partial charge in [-0.2, -0.15) is 0 Å². The van der Waals surface area contributed by atoms with Gasteiger partial charge in [0, 0.05) is 17.3 Å². The monoisotopic (exact) mass is 277 g/mol. The Balaban J connectivity index is 2.00.